The van der Waals surface area contributed by atoms with Crippen LogP contribution in [0, 0.1) is 12.3 Å². The van der Waals surface area contributed by atoms with Crippen molar-refractivity contribution in [2.75, 3.05) is 5.32 Å². The number of ketones is 1. The largest absolute Gasteiger partial charge is 0.321 e. The Bertz CT molecular complexity index is 879. The third-order valence-corrected chi connectivity index (χ3v) is 4.06. The summed E-state index contributed by atoms with van der Waals surface area (Å²) in [7, 11) is 0. The van der Waals surface area contributed by atoms with Gasteiger partial charge in [-0.2, -0.15) is 5.10 Å². The van der Waals surface area contributed by atoms with Gasteiger partial charge in [-0.05, 0) is 31.2 Å². The van der Waals surface area contributed by atoms with Gasteiger partial charge in [0.2, 0.25) is 0 Å². The third-order valence-electron chi connectivity index (χ3n) is 4.06. The van der Waals surface area contributed by atoms with E-state index in [4.69, 9.17) is 0 Å². The van der Waals surface area contributed by atoms with E-state index in [1.165, 1.54) is 0 Å². The monoisotopic (exact) mass is 379 g/mol. The first kappa shape index (κ1) is 21.0. The molecule has 0 atom stereocenters. The molecule has 0 aliphatic carbocycles. The van der Waals surface area contributed by atoms with Crippen molar-refractivity contribution in [3.05, 3.63) is 65.7 Å². The average molecular weight is 379 g/mol. The van der Waals surface area contributed by atoms with Crippen LogP contribution in [0.3, 0.4) is 0 Å². The zero-order valence-electron chi connectivity index (χ0n) is 16.6. The first-order valence-electron chi connectivity index (χ1n) is 9.00. The second-order valence-corrected chi connectivity index (χ2v) is 7.54. The first-order valence-corrected chi connectivity index (χ1v) is 9.00. The Morgan fingerprint density at radius 1 is 0.929 bits per heavy atom. The summed E-state index contributed by atoms with van der Waals surface area (Å²) >= 11 is 0. The summed E-state index contributed by atoms with van der Waals surface area (Å²) in [6.45, 7) is 7.26. The van der Waals surface area contributed by atoms with Gasteiger partial charge >= 0.3 is 0 Å². The molecule has 0 saturated carbocycles. The van der Waals surface area contributed by atoms with Gasteiger partial charge in [-0.15, -0.1) is 0 Å². The molecule has 0 spiro atoms. The van der Waals surface area contributed by atoms with Crippen LogP contribution in [0.4, 0.5) is 5.69 Å². The summed E-state index contributed by atoms with van der Waals surface area (Å²) in [4.78, 5) is 37.3. The molecule has 6 heteroatoms. The van der Waals surface area contributed by atoms with Crippen LogP contribution in [0.1, 0.15) is 43.1 Å². The van der Waals surface area contributed by atoms with Crippen LogP contribution in [0.5, 0.6) is 0 Å². The van der Waals surface area contributed by atoms with E-state index < -0.39 is 17.2 Å². The maximum atomic E-state index is 12.7. The molecule has 2 N–H and O–H groups in total. The molecule has 2 aromatic rings. The minimum absolute atomic E-state index is 0.0511. The number of anilines is 1. The van der Waals surface area contributed by atoms with Crippen LogP contribution in [0.25, 0.3) is 0 Å². The molecule has 0 unspecified atom stereocenters. The van der Waals surface area contributed by atoms with Crippen molar-refractivity contribution in [3.8, 4) is 0 Å². The number of hydrazone groups is 1. The lowest BCUT2D eigenvalue weighted by atomic mass is 9.87. The predicted molar refractivity (Wildman–Crippen MR) is 110 cm³/mol. The minimum atomic E-state index is -0.631. The standard InChI is InChI=1S/C22H25N3O3/c1-15-10-12-17(13-11-15)23-21(28)18(14-19(26)22(2,3)4)24-25-20(27)16-8-6-5-7-9-16/h5-13H,14H2,1-4H3,(H,23,28)(H,25,27). The van der Waals surface area contributed by atoms with Crippen LogP contribution >= 0.6 is 0 Å². The lowest BCUT2D eigenvalue weighted by Crippen LogP contribution is -2.32. The van der Waals surface area contributed by atoms with Crippen molar-refractivity contribution in [1.82, 2.24) is 5.43 Å². The normalized spacial score (nSPS) is 11.6. The predicted octanol–water partition coefficient (Wildman–Crippen LogP) is 3.72. The highest BCUT2D eigenvalue weighted by molar-refractivity contribution is 6.45. The van der Waals surface area contributed by atoms with E-state index >= 15 is 0 Å². The molecule has 0 aliphatic rings. The summed E-state index contributed by atoms with van der Waals surface area (Å²) in [6.07, 6.45) is -0.184. The van der Waals surface area contributed by atoms with Crippen LogP contribution in [0.15, 0.2) is 59.7 Å². The van der Waals surface area contributed by atoms with Crippen molar-refractivity contribution in [2.45, 2.75) is 34.1 Å². The highest BCUT2D eigenvalue weighted by Crippen LogP contribution is 2.17. The Morgan fingerprint density at radius 3 is 2.11 bits per heavy atom. The third kappa shape index (κ3) is 6.16. The molecule has 2 amide bonds. The van der Waals surface area contributed by atoms with Crippen molar-refractivity contribution in [1.29, 1.82) is 0 Å². The lowest BCUT2D eigenvalue weighted by Gasteiger charge is -2.17. The van der Waals surface area contributed by atoms with E-state index in [1.807, 2.05) is 19.1 Å². The molecular formula is C22H25N3O3. The van der Waals surface area contributed by atoms with Crippen LogP contribution in [-0.2, 0) is 9.59 Å². The van der Waals surface area contributed by atoms with Gasteiger partial charge in [-0.1, -0.05) is 56.7 Å². The summed E-state index contributed by atoms with van der Waals surface area (Å²) in [5.74, 6) is -1.14. The number of aryl methyl sites for hydroxylation is 1. The second kappa shape index (κ2) is 9.08. The second-order valence-electron chi connectivity index (χ2n) is 7.54. The first-order chi connectivity index (χ1) is 13.2. The molecule has 28 heavy (non-hydrogen) atoms. The molecule has 0 saturated heterocycles. The number of hydrogen-bond acceptors (Lipinski definition) is 4. The molecule has 0 radical (unpaired) electrons. The van der Waals surface area contributed by atoms with Crippen molar-refractivity contribution < 1.29 is 14.4 Å². The van der Waals surface area contributed by atoms with Gasteiger partial charge in [-0.3, -0.25) is 14.4 Å². The fourth-order valence-electron chi connectivity index (χ4n) is 2.20. The fraction of sp³-hybridized carbons (Fsp3) is 0.273. The number of amides is 2. The molecular weight excluding hydrogens is 354 g/mol. The molecule has 0 bridgehead atoms. The number of carbonyl (C=O) groups excluding carboxylic acids is 3. The smallest absolute Gasteiger partial charge is 0.272 e. The van der Waals surface area contributed by atoms with Crippen LogP contribution < -0.4 is 10.7 Å². The van der Waals surface area contributed by atoms with Gasteiger partial charge < -0.3 is 5.32 Å². The molecule has 0 fully saturated rings. The number of benzene rings is 2. The van der Waals surface area contributed by atoms with Crippen molar-refractivity contribution in [3.63, 3.8) is 0 Å². The molecule has 0 aromatic heterocycles. The summed E-state index contributed by atoms with van der Waals surface area (Å²) < 4.78 is 0. The molecule has 2 aromatic carbocycles. The zero-order chi connectivity index (χ0) is 20.7. The quantitative estimate of drug-likeness (QED) is 0.592. The van der Waals surface area contributed by atoms with Crippen molar-refractivity contribution in [2.24, 2.45) is 10.5 Å². The van der Waals surface area contributed by atoms with E-state index in [-0.39, 0.29) is 17.9 Å². The van der Waals surface area contributed by atoms with Gasteiger partial charge in [-0.25, -0.2) is 5.43 Å². The van der Waals surface area contributed by atoms with Gasteiger partial charge in [0, 0.05) is 16.7 Å². The molecule has 0 heterocycles. The van der Waals surface area contributed by atoms with E-state index in [9.17, 15) is 14.4 Å². The van der Waals surface area contributed by atoms with Gasteiger partial charge in [0.25, 0.3) is 11.8 Å². The summed E-state index contributed by atoms with van der Waals surface area (Å²) in [5.41, 5.74) is 3.74. The fourth-order valence-corrected chi connectivity index (χ4v) is 2.20. The number of hydrogen-bond donors (Lipinski definition) is 2. The Balaban J connectivity index is 2.20. The zero-order valence-corrected chi connectivity index (χ0v) is 16.6. The highest BCUT2D eigenvalue weighted by Gasteiger charge is 2.26. The maximum absolute atomic E-state index is 12.7. The summed E-state index contributed by atoms with van der Waals surface area (Å²) in [5, 5.41) is 6.67. The summed E-state index contributed by atoms with van der Waals surface area (Å²) in [6, 6.07) is 15.8. The Kier molecular flexibility index (Phi) is 6.82. The maximum Gasteiger partial charge on any atom is 0.272 e. The Hall–Kier alpha value is -3.28. The highest BCUT2D eigenvalue weighted by atomic mass is 16.2. The van der Waals surface area contributed by atoms with E-state index in [2.05, 4.69) is 15.8 Å². The molecule has 146 valence electrons. The number of Topliss-reactive ketones (excluding diaryl/α,β-unsaturated/α-hetero) is 1. The lowest BCUT2D eigenvalue weighted by molar-refractivity contribution is -0.125. The Labute approximate surface area is 165 Å². The minimum Gasteiger partial charge on any atom is -0.321 e. The van der Waals surface area contributed by atoms with Gasteiger partial charge in [0.1, 0.15) is 11.5 Å². The van der Waals surface area contributed by atoms with Crippen LogP contribution in [0.2, 0.25) is 0 Å². The van der Waals surface area contributed by atoms with E-state index in [0.717, 1.165) is 5.56 Å². The van der Waals surface area contributed by atoms with E-state index in [1.54, 1.807) is 63.2 Å². The van der Waals surface area contributed by atoms with Crippen LogP contribution in [-0.4, -0.2) is 23.3 Å². The number of rotatable bonds is 6. The van der Waals surface area contributed by atoms with Gasteiger partial charge in [0.05, 0.1) is 6.42 Å². The van der Waals surface area contributed by atoms with E-state index in [0.29, 0.717) is 11.3 Å². The number of nitrogens with one attached hydrogen (secondary N) is 2. The average Bonchev–Trinajstić information content (AvgIpc) is 2.66. The Morgan fingerprint density at radius 2 is 1.54 bits per heavy atom. The van der Waals surface area contributed by atoms with Crippen molar-refractivity contribution >= 4 is 29.0 Å². The molecule has 6 nitrogen and oxygen atoms in total. The number of carbonyl (C=O) groups is 3. The number of nitrogens with zero attached hydrogens (tertiary/aromatic N) is 1. The molecule has 2 rings (SSSR count). The SMILES string of the molecule is Cc1ccc(NC(=O)C(CC(=O)C(C)(C)C)=NNC(=O)c2ccccc2)cc1. The van der Waals surface area contributed by atoms with Gasteiger partial charge in [0.15, 0.2) is 0 Å². The molecule has 0 aliphatic heterocycles. The topological polar surface area (TPSA) is 87.6 Å².